The second-order valence-electron chi connectivity index (χ2n) is 10.2. The van der Waals surface area contributed by atoms with E-state index >= 15 is 0 Å². The van der Waals surface area contributed by atoms with E-state index in [0.29, 0.717) is 18.9 Å². The highest BCUT2D eigenvalue weighted by Gasteiger charge is 2.35. The molecule has 2 fully saturated rings. The summed E-state index contributed by atoms with van der Waals surface area (Å²) in [6, 6.07) is 6.55. The van der Waals surface area contributed by atoms with E-state index in [9.17, 15) is 8.78 Å². The summed E-state index contributed by atoms with van der Waals surface area (Å²) < 4.78 is 26.9. The van der Waals surface area contributed by atoms with Crippen LogP contribution < -0.4 is 5.32 Å². The largest absolute Gasteiger partial charge is 0.310 e. The Labute approximate surface area is 199 Å². The van der Waals surface area contributed by atoms with Crippen LogP contribution in [0.15, 0.2) is 36.5 Å². The van der Waals surface area contributed by atoms with E-state index in [1.807, 2.05) is 12.3 Å². The predicted molar refractivity (Wildman–Crippen MR) is 132 cm³/mol. The number of pyridine rings is 1. The monoisotopic (exact) mass is 463 g/mol. The second-order valence-corrected chi connectivity index (χ2v) is 10.2. The summed E-state index contributed by atoms with van der Waals surface area (Å²) in [6.07, 6.45) is 5.14. The smallest absolute Gasteiger partial charge is 0.248 e. The second kappa shape index (κ2) is 12.9. The highest BCUT2D eigenvalue weighted by molar-refractivity contribution is 5.05. The van der Waals surface area contributed by atoms with Gasteiger partial charge in [-0.15, -0.1) is 0 Å². The third-order valence-corrected chi connectivity index (χ3v) is 7.05. The Kier molecular flexibility index (Phi) is 10.2. The predicted octanol–water partition coefficient (Wildman–Crippen LogP) is 3.88. The molecule has 1 saturated heterocycles. The van der Waals surface area contributed by atoms with Gasteiger partial charge in [-0.2, -0.15) is 0 Å². The van der Waals surface area contributed by atoms with Crippen LogP contribution in [-0.4, -0.2) is 91.6 Å². The molecular formula is C26H43F2N5. The van der Waals surface area contributed by atoms with Crippen LogP contribution >= 0.6 is 0 Å². The molecule has 1 atom stereocenters. The molecule has 7 heteroatoms. The fourth-order valence-corrected chi connectivity index (χ4v) is 5.05. The number of hydrogen-bond donors (Lipinski definition) is 1. The number of alkyl halides is 2. The molecule has 1 aromatic heterocycles. The van der Waals surface area contributed by atoms with Crippen LogP contribution in [-0.2, 0) is 6.54 Å². The fraction of sp³-hybridized carbons (Fsp3) is 0.731. The van der Waals surface area contributed by atoms with Gasteiger partial charge in [0.2, 0.25) is 5.92 Å². The third-order valence-electron chi connectivity index (χ3n) is 7.05. The number of hydrogen-bond acceptors (Lipinski definition) is 5. The first-order valence-electron chi connectivity index (χ1n) is 12.6. The van der Waals surface area contributed by atoms with Crippen molar-refractivity contribution in [1.82, 2.24) is 25.0 Å². The highest BCUT2D eigenvalue weighted by atomic mass is 19.3. The molecule has 0 amide bonds. The van der Waals surface area contributed by atoms with Crippen molar-refractivity contribution in [2.24, 2.45) is 5.92 Å². The number of nitrogens with one attached hydrogen (secondary N) is 1. The van der Waals surface area contributed by atoms with E-state index in [-0.39, 0.29) is 18.8 Å². The number of rotatable bonds is 12. The van der Waals surface area contributed by atoms with Crippen LogP contribution in [0.25, 0.3) is 0 Å². The number of nitrogens with zero attached hydrogens (tertiary/aromatic N) is 4. The Morgan fingerprint density at radius 1 is 1.24 bits per heavy atom. The van der Waals surface area contributed by atoms with Crippen molar-refractivity contribution in [3.63, 3.8) is 0 Å². The summed E-state index contributed by atoms with van der Waals surface area (Å²) >= 11 is 0. The quantitative estimate of drug-likeness (QED) is 0.476. The molecule has 1 aliphatic carbocycles. The maximum atomic E-state index is 13.5. The van der Waals surface area contributed by atoms with E-state index in [0.717, 1.165) is 70.9 Å². The molecule has 0 aromatic carbocycles. The Morgan fingerprint density at radius 2 is 2.03 bits per heavy atom. The zero-order valence-electron chi connectivity index (χ0n) is 20.6. The van der Waals surface area contributed by atoms with Crippen LogP contribution in [0.1, 0.15) is 44.2 Å². The minimum absolute atomic E-state index is 0.0202. The summed E-state index contributed by atoms with van der Waals surface area (Å²) in [5, 5.41) is 3.70. The van der Waals surface area contributed by atoms with Gasteiger partial charge in [0, 0.05) is 64.3 Å². The number of piperazine rings is 1. The van der Waals surface area contributed by atoms with E-state index in [1.165, 1.54) is 5.57 Å². The molecule has 5 nitrogen and oxygen atoms in total. The van der Waals surface area contributed by atoms with Crippen molar-refractivity contribution in [1.29, 1.82) is 0 Å². The molecular weight excluding hydrogens is 420 g/mol. The Bertz CT molecular complexity index is 702. The lowest BCUT2D eigenvalue weighted by atomic mass is 9.81. The molecule has 0 bridgehead atoms. The minimum atomic E-state index is -2.46. The van der Waals surface area contributed by atoms with Crippen LogP contribution in [0.5, 0.6) is 0 Å². The van der Waals surface area contributed by atoms with Crippen LogP contribution in [0.3, 0.4) is 0 Å². The molecule has 186 valence electrons. The topological polar surface area (TPSA) is 34.6 Å². The van der Waals surface area contributed by atoms with E-state index in [4.69, 9.17) is 0 Å². The van der Waals surface area contributed by atoms with Crippen LogP contribution in [0, 0.1) is 5.92 Å². The Hall–Kier alpha value is -1.41. The zero-order valence-corrected chi connectivity index (χ0v) is 20.6. The molecule has 1 N–H and O–H groups in total. The molecule has 1 saturated carbocycles. The Balaban J connectivity index is 1.46. The first-order chi connectivity index (χ1) is 15.8. The average molecular weight is 464 g/mol. The molecule has 3 rings (SSSR count). The van der Waals surface area contributed by atoms with Crippen molar-refractivity contribution in [3.05, 3.63) is 42.2 Å². The van der Waals surface area contributed by atoms with Gasteiger partial charge in [0.15, 0.2) is 0 Å². The first kappa shape index (κ1) is 26.2. The van der Waals surface area contributed by atoms with Crippen molar-refractivity contribution in [3.8, 4) is 0 Å². The van der Waals surface area contributed by atoms with Crippen molar-refractivity contribution >= 4 is 0 Å². The maximum Gasteiger partial charge on any atom is 0.248 e. The number of aromatic nitrogens is 1. The zero-order chi connectivity index (χ0) is 23.7. The van der Waals surface area contributed by atoms with Crippen LogP contribution in [0.2, 0.25) is 0 Å². The van der Waals surface area contributed by atoms with Gasteiger partial charge in [-0.1, -0.05) is 18.2 Å². The van der Waals surface area contributed by atoms with Crippen molar-refractivity contribution in [2.75, 3.05) is 59.9 Å². The first-order valence-corrected chi connectivity index (χ1v) is 12.6. The Morgan fingerprint density at radius 3 is 2.73 bits per heavy atom. The van der Waals surface area contributed by atoms with Crippen molar-refractivity contribution < 1.29 is 8.78 Å². The van der Waals surface area contributed by atoms with Gasteiger partial charge in [0.25, 0.3) is 0 Å². The molecule has 1 aliphatic heterocycles. The fourth-order valence-electron chi connectivity index (χ4n) is 5.05. The van der Waals surface area contributed by atoms with Gasteiger partial charge in [-0.3, -0.25) is 9.88 Å². The van der Waals surface area contributed by atoms with Crippen molar-refractivity contribution in [2.45, 2.75) is 57.0 Å². The summed E-state index contributed by atoms with van der Waals surface area (Å²) in [7, 11) is 4.24. The molecule has 2 aliphatic rings. The van der Waals surface area contributed by atoms with Gasteiger partial charge >= 0.3 is 0 Å². The lowest BCUT2D eigenvalue weighted by molar-refractivity contribution is -0.0424. The van der Waals surface area contributed by atoms with E-state index < -0.39 is 5.92 Å². The maximum absolute atomic E-state index is 13.5. The standard InChI is InChI=1S/C26H43F2N5/c1-22(23-8-11-26(27,28)12-9-23)10-17-32-18-14-30-25(20-32)21-33(16-6-15-31(2)3)19-24-7-4-5-13-29-24/h4-5,7,13,23,25,30H,1,6,8-12,14-21H2,2-3H3. The lowest BCUT2D eigenvalue weighted by Crippen LogP contribution is -2.55. The van der Waals surface area contributed by atoms with Crippen LogP contribution in [0.4, 0.5) is 8.78 Å². The summed E-state index contributed by atoms with van der Waals surface area (Å²) in [6.45, 7) is 12.3. The molecule has 33 heavy (non-hydrogen) atoms. The minimum Gasteiger partial charge on any atom is -0.310 e. The summed E-state index contributed by atoms with van der Waals surface area (Å²) in [4.78, 5) is 11.8. The van der Waals surface area contributed by atoms with Gasteiger partial charge in [0.05, 0.1) is 5.69 Å². The average Bonchev–Trinajstić information content (AvgIpc) is 2.78. The van der Waals surface area contributed by atoms with Gasteiger partial charge < -0.3 is 15.1 Å². The molecule has 2 heterocycles. The van der Waals surface area contributed by atoms with Gasteiger partial charge in [0.1, 0.15) is 0 Å². The molecule has 1 aromatic rings. The molecule has 0 radical (unpaired) electrons. The molecule has 0 spiro atoms. The molecule has 1 unspecified atom stereocenters. The lowest BCUT2D eigenvalue weighted by Gasteiger charge is -2.37. The summed E-state index contributed by atoms with van der Waals surface area (Å²) in [5.74, 6) is -2.19. The van der Waals surface area contributed by atoms with Gasteiger partial charge in [-0.25, -0.2) is 8.78 Å². The number of halogens is 2. The van der Waals surface area contributed by atoms with E-state index in [2.05, 4.69) is 57.8 Å². The summed E-state index contributed by atoms with van der Waals surface area (Å²) in [5.41, 5.74) is 2.28. The SMILES string of the molecule is C=C(CCN1CCNC(CN(CCCN(C)C)Cc2ccccn2)C1)C1CCC(F)(F)CC1. The highest BCUT2D eigenvalue weighted by Crippen LogP contribution is 2.39. The normalized spacial score (nSPS) is 22.2. The third kappa shape index (κ3) is 9.39. The van der Waals surface area contributed by atoms with E-state index in [1.54, 1.807) is 0 Å². The van der Waals surface area contributed by atoms with Gasteiger partial charge in [-0.05, 0) is 70.9 Å².